The molecule has 0 saturated heterocycles. The van der Waals surface area contributed by atoms with Crippen molar-refractivity contribution in [1.82, 2.24) is 9.38 Å². The molecule has 1 aliphatic carbocycles. The lowest BCUT2D eigenvalue weighted by Gasteiger charge is -2.08. The molecule has 1 saturated carbocycles. The summed E-state index contributed by atoms with van der Waals surface area (Å²) in [6.07, 6.45) is 3.79. The fourth-order valence-electron chi connectivity index (χ4n) is 2.58. The lowest BCUT2D eigenvalue weighted by molar-refractivity contribution is -0.117. The van der Waals surface area contributed by atoms with E-state index < -0.39 is 11.9 Å². The summed E-state index contributed by atoms with van der Waals surface area (Å²) in [5.74, 6) is 0.0939. The molecule has 0 aliphatic heterocycles. The molecular weight excluding hydrogens is 355 g/mol. The van der Waals surface area contributed by atoms with Gasteiger partial charge in [-0.15, -0.1) is 0 Å². The van der Waals surface area contributed by atoms with E-state index >= 15 is 0 Å². The summed E-state index contributed by atoms with van der Waals surface area (Å²) in [6, 6.07) is 7.07. The van der Waals surface area contributed by atoms with Crippen LogP contribution in [0.15, 0.2) is 42.7 Å². The van der Waals surface area contributed by atoms with Crippen LogP contribution in [0.1, 0.15) is 12.8 Å². The van der Waals surface area contributed by atoms with E-state index in [1.54, 1.807) is 28.9 Å². The zero-order valence-electron chi connectivity index (χ0n) is 14.0. The number of carbonyl (C=O) groups excluding carboxylic acids is 1. The Bertz CT molecular complexity index is 1050. The van der Waals surface area contributed by atoms with E-state index in [1.165, 1.54) is 12.1 Å². The fourth-order valence-corrected chi connectivity index (χ4v) is 2.58. The van der Waals surface area contributed by atoms with E-state index in [0.29, 0.717) is 17.2 Å². The molecule has 3 aromatic rings. The Kier molecular flexibility index (Phi) is 4.11. The van der Waals surface area contributed by atoms with Crippen molar-refractivity contribution in [2.24, 2.45) is 5.92 Å². The number of benzene rings is 1. The van der Waals surface area contributed by atoms with Crippen LogP contribution in [0.3, 0.4) is 0 Å². The average molecular weight is 370 g/mol. The Morgan fingerprint density at radius 3 is 2.70 bits per heavy atom. The highest BCUT2D eigenvalue weighted by Crippen LogP contribution is 2.30. The maximum atomic E-state index is 14.1. The third-order valence-electron chi connectivity index (χ3n) is 4.03. The first-order valence-electron chi connectivity index (χ1n) is 8.25. The molecule has 3 N–H and O–H groups in total. The number of amides is 2. The lowest BCUT2D eigenvalue weighted by Crippen LogP contribution is -2.13. The van der Waals surface area contributed by atoms with Gasteiger partial charge in [0.1, 0.15) is 11.4 Å². The van der Waals surface area contributed by atoms with Gasteiger partial charge in [-0.1, -0.05) is 0 Å². The van der Waals surface area contributed by atoms with Gasteiger partial charge in [0, 0.05) is 17.7 Å². The number of nitrogens with one attached hydrogen (secondary N) is 2. The highest BCUT2D eigenvalue weighted by Gasteiger charge is 2.30. The van der Waals surface area contributed by atoms with Gasteiger partial charge in [-0.3, -0.25) is 10.1 Å². The molecule has 27 heavy (non-hydrogen) atoms. The van der Waals surface area contributed by atoms with Crippen molar-refractivity contribution in [3.05, 3.63) is 48.5 Å². The number of aromatic nitrogens is 2. The van der Waals surface area contributed by atoms with Crippen LogP contribution in [-0.2, 0) is 4.79 Å². The van der Waals surface area contributed by atoms with Gasteiger partial charge in [-0.25, -0.2) is 14.2 Å². The van der Waals surface area contributed by atoms with Crippen LogP contribution in [0.25, 0.3) is 5.65 Å². The summed E-state index contributed by atoms with van der Waals surface area (Å²) in [6.45, 7) is 0. The predicted octanol–water partition coefficient (Wildman–Crippen LogP) is 3.70. The standard InChI is InChI=1S/C18H15FN4O4/c19-13-7-11(20-18(25)26)3-5-14(13)27-12-4-6-16-21-15(9-23(16)8-12)22-17(24)10-1-2-10/h3-10,20H,1-2H2,(H,22,24)(H,25,26). The molecular formula is C18H15FN4O4. The molecule has 2 amide bonds. The first-order chi connectivity index (χ1) is 13.0. The lowest BCUT2D eigenvalue weighted by atomic mass is 10.3. The Balaban J connectivity index is 1.51. The number of halogens is 1. The minimum Gasteiger partial charge on any atom is -0.465 e. The molecule has 2 aromatic heterocycles. The Labute approximate surface area is 152 Å². The van der Waals surface area contributed by atoms with E-state index in [4.69, 9.17) is 9.84 Å². The molecule has 2 heterocycles. The Morgan fingerprint density at radius 1 is 1.19 bits per heavy atom. The molecule has 4 rings (SSSR count). The zero-order valence-corrected chi connectivity index (χ0v) is 14.0. The van der Waals surface area contributed by atoms with Crippen molar-refractivity contribution in [3.63, 3.8) is 0 Å². The zero-order chi connectivity index (χ0) is 19.0. The summed E-state index contributed by atoms with van der Waals surface area (Å²) < 4.78 is 21.3. The van der Waals surface area contributed by atoms with Crippen LogP contribution in [0.5, 0.6) is 11.5 Å². The first kappa shape index (κ1) is 16.8. The summed E-state index contributed by atoms with van der Waals surface area (Å²) in [7, 11) is 0. The van der Waals surface area contributed by atoms with Gasteiger partial charge in [0.25, 0.3) is 0 Å². The normalized spacial score (nSPS) is 13.4. The summed E-state index contributed by atoms with van der Waals surface area (Å²) >= 11 is 0. The van der Waals surface area contributed by atoms with Crippen LogP contribution in [0.4, 0.5) is 20.7 Å². The monoisotopic (exact) mass is 370 g/mol. The largest absolute Gasteiger partial charge is 0.465 e. The third kappa shape index (κ3) is 3.81. The van der Waals surface area contributed by atoms with E-state index in [9.17, 15) is 14.0 Å². The van der Waals surface area contributed by atoms with E-state index in [0.717, 1.165) is 18.9 Å². The van der Waals surface area contributed by atoms with Gasteiger partial charge in [-0.05, 0) is 37.1 Å². The number of hydrogen-bond donors (Lipinski definition) is 3. The number of carboxylic acid groups (broad SMARTS) is 1. The molecule has 0 bridgehead atoms. The Hall–Kier alpha value is -3.62. The van der Waals surface area contributed by atoms with Crippen molar-refractivity contribution in [1.29, 1.82) is 0 Å². The molecule has 8 nitrogen and oxygen atoms in total. The second kappa shape index (κ2) is 6.60. The SMILES string of the molecule is O=C(O)Nc1ccc(Oc2ccc3nc(NC(=O)C4CC4)cn3c2)c(F)c1. The van der Waals surface area contributed by atoms with Crippen molar-refractivity contribution < 1.29 is 23.8 Å². The Morgan fingerprint density at radius 2 is 2.00 bits per heavy atom. The quantitative estimate of drug-likeness (QED) is 0.635. The number of nitrogens with zero attached hydrogens (tertiary/aromatic N) is 2. The molecule has 9 heteroatoms. The van der Waals surface area contributed by atoms with Gasteiger partial charge >= 0.3 is 6.09 Å². The van der Waals surface area contributed by atoms with Gasteiger partial charge in [0.2, 0.25) is 5.91 Å². The molecule has 0 unspecified atom stereocenters. The average Bonchev–Trinajstić information content (AvgIpc) is 3.38. The van der Waals surface area contributed by atoms with Crippen molar-refractivity contribution in [2.75, 3.05) is 10.6 Å². The van der Waals surface area contributed by atoms with Gasteiger partial charge in [0.15, 0.2) is 17.4 Å². The molecule has 0 atom stereocenters. The second-order valence-electron chi connectivity index (χ2n) is 6.20. The van der Waals surface area contributed by atoms with Gasteiger partial charge < -0.3 is 19.6 Å². The van der Waals surface area contributed by atoms with Crippen molar-refractivity contribution in [2.45, 2.75) is 12.8 Å². The predicted molar refractivity (Wildman–Crippen MR) is 94.7 cm³/mol. The number of imidazole rings is 1. The molecule has 1 aromatic carbocycles. The number of fused-ring (bicyclic) bond motifs is 1. The smallest absolute Gasteiger partial charge is 0.409 e. The maximum absolute atomic E-state index is 14.1. The van der Waals surface area contributed by atoms with Crippen LogP contribution in [0, 0.1) is 11.7 Å². The number of pyridine rings is 1. The molecule has 138 valence electrons. The van der Waals surface area contributed by atoms with Crippen LogP contribution >= 0.6 is 0 Å². The highest BCUT2D eigenvalue weighted by atomic mass is 19.1. The summed E-state index contributed by atoms with van der Waals surface area (Å²) in [5, 5.41) is 13.5. The highest BCUT2D eigenvalue weighted by molar-refractivity contribution is 5.93. The minimum atomic E-state index is -1.28. The fraction of sp³-hybridized carbons (Fsp3) is 0.167. The van der Waals surface area contributed by atoms with E-state index in [1.807, 2.05) is 0 Å². The first-order valence-corrected chi connectivity index (χ1v) is 8.25. The van der Waals surface area contributed by atoms with Crippen LogP contribution in [-0.4, -0.2) is 26.5 Å². The van der Waals surface area contributed by atoms with E-state index in [-0.39, 0.29) is 23.3 Å². The van der Waals surface area contributed by atoms with Crippen molar-refractivity contribution >= 4 is 29.2 Å². The second-order valence-corrected chi connectivity index (χ2v) is 6.20. The third-order valence-corrected chi connectivity index (χ3v) is 4.03. The number of anilines is 2. The summed E-state index contributed by atoms with van der Waals surface area (Å²) in [4.78, 5) is 26.7. The molecule has 1 fully saturated rings. The van der Waals surface area contributed by atoms with Gasteiger partial charge in [-0.2, -0.15) is 0 Å². The number of carbonyl (C=O) groups is 2. The topological polar surface area (TPSA) is 105 Å². The molecule has 1 aliphatic rings. The maximum Gasteiger partial charge on any atom is 0.409 e. The number of rotatable bonds is 5. The number of hydrogen-bond acceptors (Lipinski definition) is 4. The van der Waals surface area contributed by atoms with E-state index in [2.05, 4.69) is 15.6 Å². The van der Waals surface area contributed by atoms with Crippen molar-refractivity contribution in [3.8, 4) is 11.5 Å². The summed E-state index contributed by atoms with van der Waals surface area (Å²) in [5.41, 5.74) is 0.711. The van der Waals surface area contributed by atoms with Crippen LogP contribution in [0.2, 0.25) is 0 Å². The molecule has 0 radical (unpaired) electrons. The number of ether oxygens (including phenoxy) is 1. The van der Waals surface area contributed by atoms with Gasteiger partial charge in [0.05, 0.1) is 12.4 Å². The molecule has 0 spiro atoms. The van der Waals surface area contributed by atoms with Crippen LogP contribution < -0.4 is 15.4 Å². The minimum absolute atomic E-state index is 0.0352.